The maximum Gasteiger partial charge on any atom is 0.308 e. The number of carbonyl (C=O) groups excluding carboxylic acids is 2. The molecule has 1 heterocycles. The lowest BCUT2D eigenvalue weighted by atomic mass is 10.1. The summed E-state index contributed by atoms with van der Waals surface area (Å²) in [6.45, 7) is 6.41. The first-order valence-corrected chi connectivity index (χ1v) is 8.26. The first-order chi connectivity index (χ1) is 12.8. The molecule has 27 heavy (non-hydrogen) atoms. The molecule has 0 saturated carbocycles. The van der Waals surface area contributed by atoms with Gasteiger partial charge in [0.05, 0.1) is 11.1 Å². The molecular formula is C20H18N2O5. The first kappa shape index (κ1) is 18.3. The minimum atomic E-state index is -0.447. The molecule has 0 saturated heterocycles. The van der Waals surface area contributed by atoms with E-state index in [0.29, 0.717) is 22.6 Å². The Labute approximate surface area is 155 Å². The van der Waals surface area contributed by atoms with Crippen molar-refractivity contribution >= 4 is 11.9 Å². The topological polar surface area (TPSA) is 91.5 Å². The highest BCUT2D eigenvalue weighted by Crippen LogP contribution is 2.35. The number of esters is 2. The van der Waals surface area contributed by atoms with Crippen LogP contribution in [0.25, 0.3) is 22.9 Å². The highest BCUT2D eigenvalue weighted by atomic mass is 16.5. The second-order valence-electron chi connectivity index (χ2n) is 6.10. The Bertz CT molecular complexity index is 943. The second-order valence-corrected chi connectivity index (χ2v) is 6.10. The summed E-state index contributed by atoms with van der Waals surface area (Å²) in [5, 5.41) is 8.11. The Kier molecular flexibility index (Phi) is 5.03. The summed E-state index contributed by atoms with van der Waals surface area (Å²) in [6, 6.07) is 10.6. The fourth-order valence-corrected chi connectivity index (χ4v) is 2.53. The zero-order chi connectivity index (χ0) is 19.6. The summed E-state index contributed by atoms with van der Waals surface area (Å²) < 4.78 is 16.3. The lowest BCUT2D eigenvalue weighted by molar-refractivity contribution is -0.132. The van der Waals surface area contributed by atoms with Gasteiger partial charge in [-0.1, -0.05) is 12.1 Å². The predicted octanol–water partition coefficient (Wildman–Crippen LogP) is 3.87. The third-order valence-corrected chi connectivity index (χ3v) is 3.67. The number of nitrogens with zero attached hydrogens (tertiary/aromatic N) is 2. The summed E-state index contributed by atoms with van der Waals surface area (Å²) in [6.07, 6.45) is 0. The molecule has 3 rings (SSSR count). The summed E-state index contributed by atoms with van der Waals surface area (Å²) in [4.78, 5) is 22.8. The van der Waals surface area contributed by atoms with Crippen LogP contribution in [0.5, 0.6) is 11.5 Å². The molecule has 0 radical (unpaired) electrons. The smallest absolute Gasteiger partial charge is 0.308 e. The highest BCUT2D eigenvalue weighted by molar-refractivity contribution is 5.76. The molecule has 2 aromatic carbocycles. The SMILES string of the molecule is CC(=O)Oc1cc(C)ccc1-c1nnc(-c2ccc(C)cc2OC(C)=O)o1. The maximum absolute atomic E-state index is 11.4. The highest BCUT2D eigenvalue weighted by Gasteiger charge is 2.19. The number of aryl methyl sites for hydroxylation is 2. The van der Waals surface area contributed by atoms with Gasteiger partial charge in [-0.3, -0.25) is 9.59 Å². The molecule has 0 spiro atoms. The van der Waals surface area contributed by atoms with Gasteiger partial charge in [0, 0.05) is 13.8 Å². The van der Waals surface area contributed by atoms with Gasteiger partial charge in [0.15, 0.2) is 0 Å². The van der Waals surface area contributed by atoms with Crippen molar-refractivity contribution in [3.8, 4) is 34.4 Å². The number of hydrogen-bond donors (Lipinski definition) is 0. The Hall–Kier alpha value is -3.48. The summed E-state index contributed by atoms with van der Waals surface area (Å²) in [5.41, 5.74) is 2.84. The standard InChI is InChI=1S/C20H18N2O5/c1-11-5-7-15(17(9-11)25-13(3)23)19-21-22-20(27-19)16-8-6-12(2)10-18(16)26-14(4)24/h5-10H,1-4H3. The van der Waals surface area contributed by atoms with Crippen LogP contribution < -0.4 is 9.47 Å². The van der Waals surface area contributed by atoms with Gasteiger partial charge in [-0.15, -0.1) is 10.2 Å². The lowest BCUT2D eigenvalue weighted by Crippen LogP contribution is -2.03. The average molecular weight is 366 g/mol. The molecular weight excluding hydrogens is 348 g/mol. The quantitative estimate of drug-likeness (QED) is 0.511. The number of carbonyl (C=O) groups is 2. The fraction of sp³-hybridized carbons (Fsp3) is 0.200. The van der Waals surface area contributed by atoms with Crippen LogP contribution in [0.3, 0.4) is 0 Å². The van der Waals surface area contributed by atoms with Gasteiger partial charge in [-0.25, -0.2) is 0 Å². The summed E-state index contributed by atoms with van der Waals surface area (Å²) >= 11 is 0. The maximum atomic E-state index is 11.4. The molecule has 0 amide bonds. The molecule has 0 N–H and O–H groups in total. The molecule has 138 valence electrons. The van der Waals surface area contributed by atoms with Crippen molar-refractivity contribution in [3.63, 3.8) is 0 Å². The van der Waals surface area contributed by atoms with E-state index >= 15 is 0 Å². The fourth-order valence-electron chi connectivity index (χ4n) is 2.53. The molecule has 0 aliphatic rings. The van der Waals surface area contributed by atoms with Crippen LogP contribution in [0.1, 0.15) is 25.0 Å². The van der Waals surface area contributed by atoms with Crippen LogP contribution in [0.2, 0.25) is 0 Å². The molecule has 0 fully saturated rings. The van der Waals surface area contributed by atoms with E-state index < -0.39 is 11.9 Å². The second kappa shape index (κ2) is 7.41. The zero-order valence-corrected chi connectivity index (χ0v) is 15.4. The van der Waals surface area contributed by atoms with Gasteiger partial charge in [0.2, 0.25) is 0 Å². The monoisotopic (exact) mass is 366 g/mol. The lowest BCUT2D eigenvalue weighted by Gasteiger charge is -2.07. The number of rotatable bonds is 4. The Morgan fingerprint density at radius 1 is 0.778 bits per heavy atom. The van der Waals surface area contributed by atoms with Gasteiger partial charge in [-0.05, 0) is 49.2 Å². The molecule has 0 aliphatic heterocycles. The van der Waals surface area contributed by atoms with E-state index in [0.717, 1.165) is 11.1 Å². The van der Waals surface area contributed by atoms with Crippen LogP contribution in [0.4, 0.5) is 0 Å². The van der Waals surface area contributed by atoms with Crippen LogP contribution >= 0.6 is 0 Å². The van der Waals surface area contributed by atoms with Crippen molar-refractivity contribution in [3.05, 3.63) is 47.5 Å². The van der Waals surface area contributed by atoms with Crippen molar-refractivity contribution in [2.75, 3.05) is 0 Å². The predicted molar refractivity (Wildman–Crippen MR) is 97.3 cm³/mol. The van der Waals surface area contributed by atoms with E-state index in [9.17, 15) is 9.59 Å². The third-order valence-electron chi connectivity index (χ3n) is 3.67. The third kappa shape index (κ3) is 4.20. The van der Waals surface area contributed by atoms with Crippen molar-refractivity contribution in [1.29, 1.82) is 0 Å². The van der Waals surface area contributed by atoms with Gasteiger partial charge in [-0.2, -0.15) is 0 Å². The Morgan fingerprint density at radius 2 is 1.19 bits per heavy atom. The van der Waals surface area contributed by atoms with E-state index in [4.69, 9.17) is 13.9 Å². The summed E-state index contributed by atoms with van der Waals surface area (Å²) in [7, 11) is 0. The summed E-state index contributed by atoms with van der Waals surface area (Å²) in [5.74, 6) is 0.157. The largest absolute Gasteiger partial charge is 0.426 e. The van der Waals surface area contributed by atoms with Gasteiger partial charge >= 0.3 is 11.9 Å². The van der Waals surface area contributed by atoms with Crippen LogP contribution in [0.15, 0.2) is 40.8 Å². The molecule has 1 aromatic heterocycles. The van der Waals surface area contributed by atoms with Gasteiger partial charge in [0.1, 0.15) is 11.5 Å². The van der Waals surface area contributed by atoms with Crippen LogP contribution in [-0.4, -0.2) is 22.1 Å². The van der Waals surface area contributed by atoms with E-state index in [-0.39, 0.29) is 11.8 Å². The molecule has 3 aromatic rings. The minimum Gasteiger partial charge on any atom is -0.426 e. The number of aromatic nitrogens is 2. The van der Waals surface area contributed by atoms with Crippen molar-refractivity contribution < 1.29 is 23.5 Å². The van der Waals surface area contributed by atoms with E-state index in [1.807, 2.05) is 26.0 Å². The van der Waals surface area contributed by atoms with Crippen LogP contribution in [0, 0.1) is 13.8 Å². The van der Waals surface area contributed by atoms with Crippen molar-refractivity contribution in [1.82, 2.24) is 10.2 Å². The molecule has 0 unspecified atom stereocenters. The van der Waals surface area contributed by atoms with Gasteiger partial charge in [0.25, 0.3) is 11.8 Å². The molecule has 7 heteroatoms. The average Bonchev–Trinajstić information content (AvgIpc) is 3.03. The Morgan fingerprint density at radius 3 is 1.56 bits per heavy atom. The van der Waals surface area contributed by atoms with Crippen molar-refractivity contribution in [2.24, 2.45) is 0 Å². The number of benzene rings is 2. The van der Waals surface area contributed by atoms with E-state index in [2.05, 4.69) is 10.2 Å². The molecule has 7 nitrogen and oxygen atoms in total. The van der Waals surface area contributed by atoms with Crippen molar-refractivity contribution in [2.45, 2.75) is 27.7 Å². The molecule has 0 aliphatic carbocycles. The normalized spacial score (nSPS) is 10.5. The van der Waals surface area contributed by atoms with Gasteiger partial charge < -0.3 is 13.9 Å². The van der Waals surface area contributed by atoms with E-state index in [1.54, 1.807) is 24.3 Å². The minimum absolute atomic E-state index is 0.190. The molecule has 0 atom stereocenters. The van der Waals surface area contributed by atoms with E-state index in [1.165, 1.54) is 13.8 Å². The zero-order valence-electron chi connectivity index (χ0n) is 15.4. The number of ether oxygens (including phenoxy) is 2. The number of hydrogen-bond acceptors (Lipinski definition) is 7. The Balaban J connectivity index is 2.04. The van der Waals surface area contributed by atoms with Crippen LogP contribution in [-0.2, 0) is 9.59 Å². The first-order valence-electron chi connectivity index (χ1n) is 8.26. The molecule has 0 bridgehead atoms.